The summed E-state index contributed by atoms with van der Waals surface area (Å²) < 4.78 is 0. The molecule has 0 aliphatic carbocycles. The van der Waals surface area contributed by atoms with Crippen molar-refractivity contribution in [3.05, 3.63) is 6.92 Å². The van der Waals surface area contributed by atoms with Crippen LogP contribution in [-0.2, 0) is 0 Å². The zero-order chi connectivity index (χ0) is 4.83. The van der Waals surface area contributed by atoms with Crippen molar-refractivity contribution in [2.45, 2.75) is 6.42 Å². The highest BCUT2D eigenvalue weighted by atomic mass is 35.5. The highest BCUT2D eigenvalue weighted by Gasteiger charge is 1.65. The predicted molar refractivity (Wildman–Crippen MR) is 28.5 cm³/mol. The van der Waals surface area contributed by atoms with E-state index in [-0.39, 0.29) is 0 Å². The Morgan fingerprint density at radius 2 is 2.33 bits per heavy atom. The van der Waals surface area contributed by atoms with Crippen LogP contribution in [0.3, 0.4) is 0 Å². The van der Waals surface area contributed by atoms with Crippen LogP contribution in [0.4, 0.5) is 0 Å². The van der Waals surface area contributed by atoms with Crippen LogP contribution in [0.1, 0.15) is 6.42 Å². The molecule has 0 aliphatic rings. The van der Waals surface area contributed by atoms with Crippen molar-refractivity contribution >= 4 is 11.6 Å². The maximum Gasteiger partial charge on any atom is 0.0333 e. The average molecular weight is 102 g/mol. The van der Waals surface area contributed by atoms with Gasteiger partial charge in [-0.2, -0.15) is 0 Å². The van der Waals surface area contributed by atoms with Crippen LogP contribution in [0.15, 0.2) is 0 Å². The summed E-state index contributed by atoms with van der Waals surface area (Å²) in [6, 6.07) is 0. The molecule has 0 amide bonds. The molecule has 0 aromatic carbocycles. The van der Waals surface area contributed by atoms with Crippen LogP contribution in [0, 0.1) is 18.8 Å². The summed E-state index contributed by atoms with van der Waals surface area (Å²) in [5, 5.41) is 0. The third kappa shape index (κ3) is 3.85. The summed E-state index contributed by atoms with van der Waals surface area (Å²) >= 11 is 5.25. The summed E-state index contributed by atoms with van der Waals surface area (Å²) in [5.41, 5.74) is 0. The van der Waals surface area contributed by atoms with Crippen LogP contribution >= 0.6 is 11.6 Å². The first-order valence-corrected chi connectivity index (χ1v) is 2.26. The zero-order valence-corrected chi connectivity index (χ0v) is 4.26. The van der Waals surface area contributed by atoms with E-state index in [0.717, 1.165) is 6.42 Å². The topological polar surface area (TPSA) is 0 Å². The monoisotopic (exact) mass is 101 g/mol. The second kappa shape index (κ2) is 4.85. The van der Waals surface area contributed by atoms with E-state index in [9.17, 15) is 0 Å². The van der Waals surface area contributed by atoms with E-state index in [1.807, 2.05) is 0 Å². The summed E-state index contributed by atoms with van der Waals surface area (Å²) in [4.78, 5) is 0. The minimum absolute atomic E-state index is 0.614. The van der Waals surface area contributed by atoms with Gasteiger partial charge in [-0.15, -0.1) is 23.4 Å². The molecule has 0 fully saturated rings. The van der Waals surface area contributed by atoms with Gasteiger partial charge in [-0.1, -0.05) is 0 Å². The Balaban J connectivity index is 2.79. The van der Waals surface area contributed by atoms with Crippen molar-refractivity contribution in [2.24, 2.45) is 0 Å². The Morgan fingerprint density at radius 1 is 1.67 bits per heavy atom. The van der Waals surface area contributed by atoms with E-state index < -0.39 is 0 Å². The maximum atomic E-state index is 5.25. The largest absolute Gasteiger partial charge is 0.126 e. The molecule has 6 heavy (non-hydrogen) atoms. The third-order valence-electron chi connectivity index (χ3n) is 0.344. The van der Waals surface area contributed by atoms with Gasteiger partial charge in [-0.3, -0.25) is 0 Å². The fraction of sp³-hybridized carbons (Fsp3) is 0.400. The van der Waals surface area contributed by atoms with Crippen molar-refractivity contribution in [1.29, 1.82) is 0 Å². The molecule has 33 valence electrons. The Kier molecular flexibility index (Phi) is 4.73. The molecular formula is C5H6Cl. The Bertz CT molecular complexity index is 65.7. The van der Waals surface area contributed by atoms with Gasteiger partial charge in [0.05, 0.1) is 0 Å². The lowest BCUT2D eigenvalue weighted by molar-refractivity contribution is 1.29. The summed E-state index contributed by atoms with van der Waals surface area (Å²) in [7, 11) is 0. The second-order valence-electron chi connectivity index (χ2n) is 0.793. The number of alkyl halides is 1. The average Bonchev–Trinajstić information content (AvgIpc) is 1.61. The molecule has 0 nitrogen and oxygen atoms in total. The molecule has 0 rings (SSSR count). The molecule has 0 N–H and O–H groups in total. The molecule has 0 unspecified atom stereocenters. The number of hydrogen-bond donors (Lipinski definition) is 0. The first-order chi connectivity index (χ1) is 2.91. The maximum absolute atomic E-state index is 5.25. The molecule has 1 radical (unpaired) electrons. The fourth-order valence-electron chi connectivity index (χ4n) is 0.136. The lowest BCUT2D eigenvalue weighted by Crippen LogP contribution is -1.63. The normalized spacial score (nSPS) is 6.33. The number of rotatable bonds is 1. The van der Waals surface area contributed by atoms with Gasteiger partial charge in [0.1, 0.15) is 0 Å². The molecule has 0 spiro atoms. The van der Waals surface area contributed by atoms with Crippen LogP contribution < -0.4 is 0 Å². The second-order valence-corrected chi connectivity index (χ2v) is 1.17. The summed E-state index contributed by atoms with van der Waals surface area (Å²) in [6.07, 6.45) is 0.755. The van der Waals surface area contributed by atoms with Gasteiger partial charge in [0.15, 0.2) is 0 Å². The molecule has 0 bridgehead atoms. The SMILES string of the molecule is [CH2]C#CCCCl. The summed E-state index contributed by atoms with van der Waals surface area (Å²) in [5.74, 6) is 5.80. The van der Waals surface area contributed by atoms with Gasteiger partial charge in [0.25, 0.3) is 0 Å². The van der Waals surface area contributed by atoms with Gasteiger partial charge in [-0.05, 0) is 0 Å². The van der Waals surface area contributed by atoms with Crippen molar-refractivity contribution in [1.82, 2.24) is 0 Å². The molecule has 0 aromatic rings. The van der Waals surface area contributed by atoms with Crippen LogP contribution in [-0.4, -0.2) is 5.88 Å². The minimum atomic E-state index is 0.614. The lowest BCUT2D eigenvalue weighted by atomic mass is 10.5. The fourth-order valence-corrected chi connectivity index (χ4v) is 0.230. The first kappa shape index (κ1) is 5.85. The summed E-state index contributed by atoms with van der Waals surface area (Å²) in [6.45, 7) is 3.30. The minimum Gasteiger partial charge on any atom is -0.126 e. The van der Waals surface area contributed by atoms with Gasteiger partial charge in [0.2, 0.25) is 0 Å². The molecule has 0 atom stereocenters. The van der Waals surface area contributed by atoms with Crippen molar-refractivity contribution in [2.75, 3.05) is 5.88 Å². The first-order valence-electron chi connectivity index (χ1n) is 1.72. The van der Waals surface area contributed by atoms with Crippen molar-refractivity contribution in [3.8, 4) is 11.8 Å². The smallest absolute Gasteiger partial charge is 0.0333 e. The molecule has 0 saturated heterocycles. The van der Waals surface area contributed by atoms with Crippen LogP contribution in [0.5, 0.6) is 0 Å². The standard InChI is InChI=1S/C5H6Cl/c1-2-3-4-5-6/h1,4-5H2. The molecule has 0 saturated carbocycles. The number of hydrogen-bond acceptors (Lipinski definition) is 0. The molecule has 0 aromatic heterocycles. The molecular weight excluding hydrogens is 95.5 g/mol. The van der Waals surface area contributed by atoms with Crippen LogP contribution in [0.2, 0.25) is 0 Å². The Hall–Kier alpha value is -0.150. The van der Waals surface area contributed by atoms with Gasteiger partial charge in [0, 0.05) is 19.2 Å². The van der Waals surface area contributed by atoms with E-state index in [2.05, 4.69) is 18.8 Å². The highest BCUT2D eigenvalue weighted by Crippen LogP contribution is 1.77. The van der Waals surface area contributed by atoms with E-state index in [0.29, 0.717) is 5.88 Å². The van der Waals surface area contributed by atoms with Crippen LogP contribution in [0.25, 0.3) is 0 Å². The Morgan fingerprint density at radius 3 is 2.50 bits per heavy atom. The van der Waals surface area contributed by atoms with Crippen molar-refractivity contribution < 1.29 is 0 Å². The predicted octanol–water partition coefficient (Wildman–Crippen LogP) is 1.45. The molecule has 1 heteroatoms. The molecule has 0 heterocycles. The lowest BCUT2D eigenvalue weighted by Gasteiger charge is -1.69. The van der Waals surface area contributed by atoms with E-state index >= 15 is 0 Å². The molecule has 0 aliphatic heterocycles. The van der Waals surface area contributed by atoms with Crippen molar-refractivity contribution in [3.63, 3.8) is 0 Å². The van der Waals surface area contributed by atoms with E-state index in [4.69, 9.17) is 11.6 Å². The van der Waals surface area contributed by atoms with E-state index in [1.165, 1.54) is 0 Å². The highest BCUT2D eigenvalue weighted by molar-refractivity contribution is 6.17. The van der Waals surface area contributed by atoms with Gasteiger partial charge >= 0.3 is 0 Å². The van der Waals surface area contributed by atoms with Gasteiger partial charge in [-0.25, -0.2) is 0 Å². The third-order valence-corrected chi connectivity index (χ3v) is 0.533. The zero-order valence-electron chi connectivity index (χ0n) is 3.50. The van der Waals surface area contributed by atoms with Gasteiger partial charge < -0.3 is 0 Å². The Labute approximate surface area is 43.5 Å². The van der Waals surface area contributed by atoms with E-state index in [1.54, 1.807) is 0 Å². The quantitative estimate of drug-likeness (QED) is 0.347. The number of halogens is 1.